The van der Waals surface area contributed by atoms with E-state index in [1.54, 1.807) is 0 Å². The molecule has 0 aliphatic carbocycles. The maximum absolute atomic E-state index is 5.02. The lowest BCUT2D eigenvalue weighted by Gasteiger charge is -2.30. The SMILES string of the molecule is Cc1ccc(CNCc2cc3ccccc3nc2N2CCCCC2)cc1. The second kappa shape index (κ2) is 7.88. The molecule has 2 aromatic carbocycles. The van der Waals surface area contributed by atoms with Crippen molar-refractivity contribution in [1.29, 1.82) is 0 Å². The zero-order valence-corrected chi connectivity index (χ0v) is 15.5. The lowest BCUT2D eigenvalue weighted by Crippen LogP contribution is -2.31. The third-order valence-corrected chi connectivity index (χ3v) is 5.20. The molecule has 0 unspecified atom stereocenters. The second-order valence-corrected chi connectivity index (χ2v) is 7.30. The fourth-order valence-corrected chi connectivity index (χ4v) is 3.71. The summed E-state index contributed by atoms with van der Waals surface area (Å²) in [6.07, 6.45) is 3.88. The standard InChI is InChI=1S/C23H27N3/c1-18-9-11-19(12-10-18)16-24-17-21-15-20-7-3-4-8-22(20)25-23(21)26-13-5-2-6-14-26/h3-4,7-12,15,24H,2,5-6,13-14,16-17H2,1H3. The van der Waals surface area contributed by atoms with Gasteiger partial charge in [-0.05, 0) is 43.9 Å². The van der Waals surface area contributed by atoms with Gasteiger partial charge in [-0.25, -0.2) is 4.98 Å². The Kier molecular flexibility index (Phi) is 5.16. The third kappa shape index (κ3) is 3.88. The quantitative estimate of drug-likeness (QED) is 0.718. The van der Waals surface area contributed by atoms with Gasteiger partial charge < -0.3 is 10.2 Å². The number of pyridine rings is 1. The molecule has 0 spiro atoms. The minimum absolute atomic E-state index is 0.845. The van der Waals surface area contributed by atoms with Gasteiger partial charge in [0.15, 0.2) is 0 Å². The van der Waals surface area contributed by atoms with E-state index in [1.165, 1.54) is 47.2 Å². The Labute approximate surface area is 156 Å². The molecule has 1 fully saturated rings. The summed E-state index contributed by atoms with van der Waals surface area (Å²) in [6.45, 7) is 6.10. The largest absolute Gasteiger partial charge is 0.356 e. The molecule has 134 valence electrons. The van der Waals surface area contributed by atoms with Gasteiger partial charge in [0.2, 0.25) is 0 Å². The van der Waals surface area contributed by atoms with E-state index >= 15 is 0 Å². The molecule has 1 saturated heterocycles. The van der Waals surface area contributed by atoms with Crippen LogP contribution in [0.5, 0.6) is 0 Å². The Morgan fingerprint density at radius 2 is 1.69 bits per heavy atom. The van der Waals surface area contributed by atoms with Gasteiger partial charge in [0.25, 0.3) is 0 Å². The average molecular weight is 345 g/mol. The predicted octanol–water partition coefficient (Wildman–Crippen LogP) is 4.82. The molecule has 1 aliphatic heterocycles. The van der Waals surface area contributed by atoms with Crippen LogP contribution in [-0.4, -0.2) is 18.1 Å². The van der Waals surface area contributed by atoms with Crippen molar-refractivity contribution in [2.45, 2.75) is 39.3 Å². The van der Waals surface area contributed by atoms with Crippen LogP contribution < -0.4 is 10.2 Å². The highest BCUT2D eigenvalue weighted by atomic mass is 15.2. The summed E-state index contributed by atoms with van der Waals surface area (Å²) in [5.74, 6) is 1.17. The molecule has 0 saturated carbocycles. The molecular formula is C23H27N3. The number of aryl methyl sites for hydroxylation is 1. The van der Waals surface area contributed by atoms with Crippen molar-refractivity contribution in [2.75, 3.05) is 18.0 Å². The minimum Gasteiger partial charge on any atom is -0.356 e. The second-order valence-electron chi connectivity index (χ2n) is 7.30. The van der Waals surface area contributed by atoms with E-state index in [1.807, 2.05) is 0 Å². The molecule has 0 amide bonds. The first-order valence-corrected chi connectivity index (χ1v) is 9.69. The molecule has 3 nitrogen and oxygen atoms in total. The normalized spacial score (nSPS) is 14.7. The summed E-state index contributed by atoms with van der Waals surface area (Å²) < 4.78 is 0. The maximum Gasteiger partial charge on any atom is 0.133 e. The van der Waals surface area contributed by atoms with Gasteiger partial charge >= 0.3 is 0 Å². The van der Waals surface area contributed by atoms with Gasteiger partial charge in [-0.2, -0.15) is 0 Å². The fraction of sp³-hybridized carbons (Fsp3) is 0.348. The smallest absolute Gasteiger partial charge is 0.133 e. The number of benzene rings is 2. The Morgan fingerprint density at radius 1 is 0.923 bits per heavy atom. The van der Waals surface area contributed by atoms with Crippen molar-refractivity contribution in [3.63, 3.8) is 0 Å². The van der Waals surface area contributed by atoms with Gasteiger partial charge in [-0.3, -0.25) is 0 Å². The summed E-state index contributed by atoms with van der Waals surface area (Å²) in [6, 6.07) is 19.5. The number of hydrogen-bond acceptors (Lipinski definition) is 3. The first-order chi connectivity index (χ1) is 12.8. The summed E-state index contributed by atoms with van der Waals surface area (Å²) >= 11 is 0. The molecule has 4 rings (SSSR count). The zero-order valence-electron chi connectivity index (χ0n) is 15.5. The van der Waals surface area contributed by atoms with Crippen molar-refractivity contribution in [2.24, 2.45) is 0 Å². The van der Waals surface area contributed by atoms with E-state index < -0.39 is 0 Å². The first kappa shape index (κ1) is 17.0. The fourth-order valence-electron chi connectivity index (χ4n) is 3.71. The van der Waals surface area contributed by atoms with E-state index in [9.17, 15) is 0 Å². The Bertz CT molecular complexity index is 864. The number of fused-ring (bicyclic) bond motifs is 1. The van der Waals surface area contributed by atoms with E-state index in [4.69, 9.17) is 4.98 Å². The molecule has 1 aromatic heterocycles. The molecule has 0 bridgehead atoms. The minimum atomic E-state index is 0.845. The van der Waals surface area contributed by atoms with Crippen LogP contribution in [0.3, 0.4) is 0 Å². The van der Waals surface area contributed by atoms with E-state index in [0.29, 0.717) is 0 Å². The number of piperidine rings is 1. The Balaban J connectivity index is 1.56. The van der Waals surface area contributed by atoms with Crippen LogP contribution in [0.2, 0.25) is 0 Å². The molecule has 2 heterocycles. The van der Waals surface area contributed by atoms with E-state index in [-0.39, 0.29) is 0 Å². The van der Waals surface area contributed by atoms with Crippen LogP contribution in [0.15, 0.2) is 54.6 Å². The number of nitrogens with zero attached hydrogens (tertiary/aromatic N) is 2. The molecular weight excluding hydrogens is 318 g/mol. The molecule has 3 heteroatoms. The highest BCUT2D eigenvalue weighted by Gasteiger charge is 2.16. The van der Waals surface area contributed by atoms with Crippen molar-refractivity contribution in [3.05, 3.63) is 71.3 Å². The number of nitrogens with one attached hydrogen (secondary N) is 1. The van der Waals surface area contributed by atoms with Gasteiger partial charge in [0, 0.05) is 37.1 Å². The predicted molar refractivity (Wildman–Crippen MR) is 110 cm³/mol. The van der Waals surface area contributed by atoms with Crippen molar-refractivity contribution < 1.29 is 0 Å². The molecule has 0 radical (unpaired) electrons. The molecule has 1 N–H and O–H groups in total. The Hall–Kier alpha value is -2.39. The van der Waals surface area contributed by atoms with Crippen LogP contribution in [0.25, 0.3) is 10.9 Å². The van der Waals surface area contributed by atoms with Gasteiger partial charge in [0.05, 0.1) is 5.52 Å². The van der Waals surface area contributed by atoms with E-state index in [2.05, 4.69) is 71.7 Å². The lowest BCUT2D eigenvalue weighted by molar-refractivity contribution is 0.570. The van der Waals surface area contributed by atoms with E-state index in [0.717, 1.165) is 31.7 Å². The monoisotopic (exact) mass is 345 g/mol. The van der Waals surface area contributed by atoms with Crippen LogP contribution in [0, 0.1) is 6.92 Å². The van der Waals surface area contributed by atoms with Gasteiger partial charge in [0.1, 0.15) is 5.82 Å². The molecule has 3 aromatic rings. The van der Waals surface area contributed by atoms with Crippen molar-refractivity contribution in [3.8, 4) is 0 Å². The van der Waals surface area contributed by atoms with Crippen molar-refractivity contribution >= 4 is 16.7 Å². The number of anilines is 1. The number of rotatable bonds is 5. The van der Waals surface area contributed by atoms with Crippen LogP contribution in [-0.2, 0) is 13.1 Å². The van der Waals surface area contributed by atoms with Crippen LogP contribution in [0.1, 0.15) is 36.0 Å². The highest BCUT2D eigenvalue weighted by molar-refractivity contribution is 5.81. The van der Waals surface area contributed by atoms with Gasteiger partial charge in [-0.15, -0.1) is 0 Å². The summed E-state index contributed by atoms with van der Waals surface area (Å²) in [4.78, 5) is 7.49. The summed E-state index contributed by atoms with van der Waals surface area (Å²) in [7, 11) is 0. The number of hydrogen-bond donors (Lipinski definition) is 1. The average Bonchev–Trinajstić information content (AvgIpc) is 2.69. The lowest BCUT2D eigenvalue weighted by atomic mass is 10.1. The number of aromatic nitrogens is 1. The first-order valence-electron chi connectivity index (χ1n) is 9.69. The third-order valence-electron chi connectivity index (χ3n) is 5.20. The van der Waals surface area contributed by atoms with Crippen LogP contribution >= 0.6 is 0 Å². The zero-order chi connectivity index (χ0) is 17.8. The van der Waals surface area contributed by atoms with Crippen LogP contribution in [0.4, 0.5) is 5.82 Å². The summed E-state index contributed by atoms with van der Waals surface area (Å²) in [5.41, 5.74) is 5.02. The summed E-state index contributed by atoms with van der Waals surface area (Å²) in [5, 5.41) is 4.84. The molecule has 0 atom stereocenters. The Morgan fingerprint density at radius 3 is 2.50 bits per heavy atom. The topological polar surface area (TPSA) is 28.2 Å². The maximum atomic E-state index is 5.02. The highest BCUT2D eigenvalue weighted by Crippen LogP contribution is 2.26. The molecule has 1 aliphatic rings. The van der Waals surface area contributed by atoms with Gasteiger partial charge in [-0.1, -0.05) is 48.0 Å². The van der Waals surface area contributed by atoms with Crippen molar-refractivity contribution in [1.82, 2.24) is 10.3 Å². The molecule has 26 heavy (non-hydrogen) atoms. The number of para-hydroxylation sites is 1.